The Hall–Kier alpha value is -2.57. The van der Waals surface area contributed by atoms with Gasteiger partial charge in [0.05, 0.1) is 18.2 Å². The maximum Gasteiger partial charge on any atom is 0.311 e. The van der Waals surface area contributed by atoms with Gasteiger partial charge >= 0.3 is 5.69 Å². The molecular formula is C13H14N4O3. The van der Waals surface area contributed by atoms with Gasteiger partial charge in [0.25, 0.3) is 0 Å². The Kier molecular flexibility index (Phi) is 2.81. The molecule has 3 rings (SSSR count). The lowest BCUT2D eigenvalue weighted by molar-refractivity contribution is -0.385. The van der Waals surface area contributed by atoms with Gasteiger partial charge < -0.3 is 10.1 Å². The smallest absolute Gasteiger partial charge is 0.311 e. The number of aromatic nitrogens is 2. The SMILES string of the molecule is COc1cc2c(cc1[N+](=O)[O-])-c1cnn(C)c1CCN2. The summed E-state index contributed by atoms with van der Waals surface area (Å²) in [4.78, 5) is 10.7. The highest BCUT2D eigenvalue weighted by Crippen LogP contribution is 2.40. The van der Waals surface area contributed by atoms with Crippen LogP contribution in [-0.2, 0) is 13.5 Å². The van der Waals surface area contributed by atoms with E-state index in [0.717, 1.165) is 35.5 Å². The fraction of sp³-hybridized carbons (Fsp3) is 0.308. The second-order valence-electron chi connectivity index (χ2n) is 4.63. The fourth-order valence-corrected chi connectivity index (χ4v) is 2.54. The summed E-state index contributed by atoms with van der Waals surface area (Å²) in [6, 6.07) is 3.22. The average Bonchev–Trinajstić information content (AvgIpc) is 2.70. The Balaban J connectivity index is 2.26. The molecule has 1 aromatic heterocycles. The van der Waals surface area contributed by atoms with Gasteiger partial charge in [0.15, 0.2) is 5.75 Å². The van der Waals surface area contributed by atoms with Crippen LogP contribution >= 0.6 is 0 Å². The van der Waals surface area contributed by atoms with E-state index in [9.17, 15) is 10.1 Å². The van der Waals surface area contributed by atoms with E-state index in [2.05, 4.69) is 10.4 Å². The van der Waals surface area contributed by atoms with Crippen molar-refractivity contribution in [1.82, 2.24) is 9.78 Å². The largest absolute Gasteiger partial charge is 0.490 e. The summed E-state index contributed by atoms with van der Waals surface area (Å²) in [5.41, 5.74) is 3.58. The molecule has 2 aromatic rings. The van der Waals surface area contributed by atoms with Crippen LogP contribution in [0.3, 0.4) is 0 Å². The highest BCUT2D eigenvalue weighted by Gasteiger charge is 2.24. The van der Waals surface area contributed by atoms with E-state index in [1.807, 2.05) is 11.7 Å². The molecule has 0 spiro atoms. The maximum absolute atomic E-state index is 11.2. The second kappa shape index (κ2) is 4.52. The average molecular weight is 274 g/mol. The molecule has 0 atom stereocenters. The van der Waals surface area contributed by atoms with Crippen molar-refractivity contribution in [1.29, 1.82) is 0 Å². The van der Waals surface area contributed by atoms with Gasteiger partial charge in [-0.25, -0.2) is 0 Å². The quantitative estimate of drug-likeness (QED) is 0.668. The summed E-state index contributed by atoms with van der Waals surface area (Å²) in [7, 11) is 3.31. The minimum Gasteiger partial charge on any atom is -0.490 e. The lowest BCUT2D eigenvalue weighted by Crippen LogP contribution is -2.06. The van der Waals surface area contributed by atoms with Crippen LogP contribution in [0.15, 0.2) is 18.3 Å². The zero-order valence-corrected chi connectivity index (χ0v) is 11.2. The first-order valence-electron chi connectivity index (χ1n) is 6.23. The molecule has 0 unspecified atom stereocenters. The molecule has 1 aliphatic heterocycles. The van der Waals surface area contributed by atoms with Crippen LogP contribution in [0, 0.1) is 10.1 Å². The zero-order chi connectivity index (χ0) is 14.3. The van der Waals surface area contributed by atoms with Crippen LogP contribution in [0.1, 0.15) is 5.69 Å². The first kappa shape index (κ1) is 12.5. The van der Waals surface area contributed by atoms with Crippen LogP contribution in [0.25, 0.3) is 11.1 Å². The molecule has 1 aliphatic rings. The number of nitrogens with zero attached hydrogens (tertiary/aromatic N) is 3. The molecule has 0 saturated carbocycles. The highest BCUT2D eigenvalue weighted by atomic mass is 16.6. The van der Waals surface area contributed by atoms with E-state index >= 15 is 0 Å². The van der Waals surface area contributed by atoms with Crippen molar-refractivity contribution >= 4 is 11.4 Å². The third kappa shape index (κ3) is 1.78. The molecule has 0 amide bonds. The molecule has 1 aromatic carbocycles. The zero-order valence-electron chi connectivity index (χ0n) is 11.2. The molecular weight excluding hydrogens is 260 g/mol. The topological polar surface area (TPSA) is 82.2 Å². The van der Waals surface area contributed by atoms with Crippen LogP contribution in [0.4, 0.5) is 11.4 Å². The predicted molar refractivity (Wildman–Crippen MR) is 74.0 cm³/mol. The maximum atomic E-state index is 11.2. The highest BCUT2D eigenvalue weighted by molar-refractivity contribution is 5.84. The van der Waals surface area contributed by atoms with Gasteiger partial charge in [-0.2, -0.15) is 5.10 Å². The van der Waals surface area contributed by atoms with E-state index in [1.54, 1.807) is 18.3 Å². The molecule has 0 saturated heterocycles. The number of nitro groups is 1. The van der Waals surface area contributed by atoms with Crippen molar-refractivity contribution < 1.29 is 9.66 Å². The number of nitrogens with one attached hydrogen (secondary N) is 1. The molecule has 1 N–H and O–H groups in total. The number of benzene rings is 1. The van der Waals surface area contributed by atoms with Crippen molar-refractivity contribution in [3.05, 3.63) is 34.1 Å². The molecule has 0 radical (unpaired) electrons. The monoisotopic (exact) mass is 274 g/mol. The molecule has 0 bridgehead atoms. The van der Waals surface area contributed by atoms with Crippen LogP contribution in [-0.4, -0.2) is 28.4 Å². The van der Waals surface area contributed by atoms with E-state index in [4.69, 9.17) is 4.74 Å². The van der Waals surface area contributed by atoms with Crippen molar-refractivity contribution in [2.45, 2.75) is 6.42 Å². The van der Waals surface area contributed by atoms with Gasteiger partial charge in [-0.1, -0.05) is 0 Å². The van der Waals surface area contributed by atoms with Gasteiger partial charge in [0.2, 0.25) is 0 Å². The number of nitro benzene ring substituents is 1. The van der Waals surface area contributed by atoms with Crippen molar-refractivity contribution in [2.75, 3.05) is 19.0 Å². The van der Waals surface area contributed by atoms with Gasteiger partial charge in [0, 0.05) is 54.7 Å². The first-order valence-corrected chi connectivity index (χ1v) is 6.23. The first-order chi connectivity index (χ1) is 9.61. The molecule has 20 heavy (non-hydrogen) atoms. The number of methoxy groups -OCH3 is 1. The minimum atomic E-state index is -0.431. The minimum absolute atomic E-state index is 0.0373. The normalized spacial score (nSPS) is 12.9. The molecule has 104 valence electrons. The molecule has 7 heteroatoms. The molecule has 0 fully saturated rings. The third-order valence-corrected chi connectivity index (χ3v) is 3.54. The summed E-state index contributed by atoms with van der Waals surface area (Å²) >= 11 is 0. The lowest BCUT2D eigenvalue weighted by Gasteiger charge is -2.10. The Morgan fingerprint density at radius 1 is 1.45 bits per heavy atom. The van der Waals surface area contributed by atoms with Crippen molar-refractivity contribution in [3.63, 3.8) is 0 Å². The van der Waals surface area contributed by atoms with Crippen molar-refractivity contribution in [2.24, 2.45) is 7.05 Å². The number of hydrogen-bond donors (Lipinski definition) is 1. The summed E-state index contributed by atoms with van der Waals surface area (Å²) in [6.45, 7) is 0.750. The van der Waals surface area contributed by atoms with Gasteiger partial charge in [-0.05, 0) is 0 Å². The number of aryl methyl sites for hydroxylation is 1. The Morgan fingerprint density at radius 3 is 2.95 bits per heavy atom. The van der Waals surface area contributed by atoms with E-state index in [-0.39, 0.29) is 11.4 Å². The van der Waals surface area contributed by atoms with Crippen molar-refractivity contribution in [3.8, 4) is 16.9 Å². The Morgan fingerprint density at radius 2 is 2.25 bits per heavy atom. The van der Waals surface area contributed by atoms with E-state index in [0.29, 0.717) is 0 Å². The summed E-state index contributed by atoms with van der Waals surface area (Å²) in [5.74, 6) is 0.258. The fourth-order valence-electron chi connectivity index (χ4n) is 2.54. The van der Waals surface area contributed by atoms with Crippen LogP contribution < -0.4 is 10.1 Å². The summed E-state index contributed by atoms with van der Waals surface area (Å²) in [5, 5.41) is 18.7. The van der Waals surface area contributed by atoms with Gasteiger partial charge in [-0.3, -0.25) is 14.8 Å². The molecule has 2 heterocycles. The number of ether oxygens (including phenoxy) is 1. The van der Waals surface area contributed by atoms with Crippen LogP contribution in [0.5, 0.6) is 5.75 Å². The Labute approximate surface area is 115 Å². The second-order valence-corrected chi connectivity index (χ2v) is 4.63. The predicted octanol–water partition coefficient (Wildman–Crippen LogP) is 1.97. The van der Waals surface area contributed by atoms with Gasteiger partial charge in [-0.15, -0.1) is 0 Å². The number of anilines is 1. The Bertz CT molecular complexity index is 693. The third-order valence-electron chi connectivity index (χ3n) is 3.54. The number of fused-ring (bicyclic) bond motifs is 3. The number of hydrogen-bond acceptors (Lipinski definition) is 5. The molecule has 0 aliphatic carbocycles. The standard InChI is InChI=1S/C13H14N4O3/c1-16-11-3-4-14-10-6-13(20-2)12(17(18)19)5-8(10)9(11)7-15-16/h5-7,14H,3-4H2,1-2H3. The van der Waals surface area contributed by atoms with E-state index in [1.165, 1.54) is 7.11 Å². The molecule has 7 nitrogen and oxygen atoms in total. The van der Waals surface area contributed by atoms with E-state index < -0.39 is 4.92 Å². The number of rotatable bonds is 2. The summed E-state index contributed by atoms with van der Waals surface area (Å²) in [6.07, 6.45) is 2.56. The lowest BCUT2D eigenvalue weighted by atomic mass is 10.0. The van der Waals surface area contributed by atoms with Gasteiger partial charge in [0.1, 0.15) is 0 Å². The van der Waals surface area contributed by atoms with Crippen LogP contribution in [0.2, 0.25) is 0 Å². The summed E-state index contributed by atoms with van der Waals surface area (Å²) < 4.78 is 6.91.